The van der Waals surface area contributed by atoms with E-state index >= 15 is 0 Å². The molecule has 6 nitrogen and oxygen atoms in total. The third kappa shape index (κ3) is 3.51. The van der Waals surface area contributed by atoms with Gasteiger partial charge in [-0.2, -0.15) is 0 Å². The number of hydrogen-bond acceptors (Lipinski definition) is 4. The molecule has 1 aliphatic carbocycles. The molecule has 0 radical (unpaired) electrons. The molecule has 2 aliphatic rings. The normalized spacial score (nSPS) is 23.2. The largest absolute Gasteiger partial charge is 0.404 e. The quantitative estimate of drug-likeness (QED) is 0.273. The molecule has 0 bridgehead atoms. The zero-order chi connectivity index (χ0) is 18.0. The molecule has 0 unspecified atom stereocenters. The fraction of sp³-hybridized carbons (Fsp3) is 1.00. The summed E-state index contributed by atoms with van der Waals surface area (Å²) in [5, 5.41) is 4.18. The molecule has 2 rings (SSSR count). The molecule has 0 aromatic heterocycles. The minimum absolute atomic E-state index is 0.457. The maximum atomic E-state index is 9.18. The van der Waals surface area contributed by atoms with Crippen LogP contribution in [-0.2, 0) is 13.9 Å². The van der Waals surface area contributed by atoms with E-state index in [9.17, 15) is 5.53 Å². The Morgan fingerprint density at radius 2 is 1.38 bits per heavy atom. The van der Waals surface area contributed by atoms with Crippen molar-refractivity contribution in [1.29, 1.82) is 0 Å². The highest BCUT2D eigenvalue weighted by atomic mass is 28.4. The lowest BCUT2D eigenvalue weighted by molar-refractivity contribution is -0.199. The van der Waals surface area contributed by atoms with E-state index < -0.39 is 19.8 Å². The van der Waals surface area contributed by atoms with Gasteiger partial charge in [0, 0.05) is 17.8 Å². The van der Waals surface area contributed by atoms with Gasteiger partial charge >= 0.3 is 0 Å². The average Bonchev–Trinajstić information content (AvgIpc) is 2.96. The van der Waals surface area contributed by atoms with Gasteiger partial charge in [-0.3, -0.25) is 0 Å². The molecule has 138 valence electrons. The molecular weight excluding hydrogens is 322 g/mol. The summed E-state index contributed by atoms with van der Waals surface area (Å²) < 4.78 is 18.5. The summed E-state index contributed by atoms with van der Waals surface area (Å²) in [5.41, 5.74) is 9.80. The highest BCUT2D eigenvalue weighted by Crippen LogP contribution is 2.50. The standard InChI is InChI=1S/C17H33N3O3Si/c1-13(2)24(14(3)4,15(5)6)23-16(19-20-18)7-9-17(10-8-16)21-11-12-22-17/h13-15H,7-12H2,1-6H3. The van der Waals surface area contributed by atoms with E-state index in [1.54, 1.807) is 0 Å². The second-order valence-corrected chi connectivity index (χ2v) is 13.5. The highest BCUT2D eigenvalue weighted by Gasteiger charge is 2.54. The minimum atomic E-state index is -2.12. The van der Waals surface area contributed by atoms with Crippen molar-refractivity contribution < 1.29 is 13.9 Å². The van der Waals surface area contributed by atoms with E-state index in [0.717, 1.165) is 12.8 Å². The predicted molar refractivity (Wildman–Crippen MR) is 97.1 cm³/mol. The number of azide groups is 1. The lowest BCUT2D eigenvalue weighted by Crippen LogP contribution is -2.56. The van der Waals surface area contributed by atoms with Gasteiger partial charge in [0.2, 0.25) is 8.32 Å². The lowest BCUT2D eigenvalue weighted by Gasteiger charge is -2.50. The van der Waals surface area contributed by atoms with Crippen LogP contribution >= 0.6 is 0 Å². The van der Waals surface area contributed by atoms with E-state index in [2.05, 4.69) is 51.6 Å². The van der Waals surface area contributed by atoms with Crippen LogP contribution in [0.4, 0.5) is 0 Å². The molecule has 0 N–H and O–H groups in total. The van der Waals surface area contributed by atoms with Crippen molar-refractivity contribution in [3.63, 3.8) is 0 Å². The SMILES string of the molecule is CC(C)[Si](OC1(N=[N+]=[N-])CCC2(CC1)OCCO2)(C(C)C)C(C)C. The second-order valence-electron chi connectivity index (χ2n) is 8.16. The topological polar surface area (TPSA) is 76.5 Å². The van der Waals surface area contributed by atoms with Gasteiger partial charge in [-0.05, 0) is 35.0 Å². The molecule has 0 aromatic rings. The first kappa shape index (κ1) is 19.7. The maximum Gasteiger partial charge on any atom is 0.201 e. The summed E-state index contributed by atoms with van der Waals surface area (Å²) in [6.45, 7) is 14.8. The van der Waals surface area contributed by atoms with Crippen LogP contribution in [0.5, 0.6) is 0 Å². The van der Waals surface area contributed by atoms with Crippen LogP contribution in [0.2, 0.25) is 16.6 Å². The Balaban J connectivity index is 2.28. The Kier molecular flexibility index (Phi) is 6.03. The number of nitrogens with zero attached hydrogens (tertiary/aromatic N) is 3. The third-order valence-electron chi connectivity index (χ3n) is 5.91. The summed E-state index contributed by atoms with van der Waals surface area (Å²) in [6, 6.07) is 0. The van der Waals surface area contributed by atoms with E-state index in [1.807, 2.05) is 0 Å². The first-order chi connectivity index (χ1) is 11.2. The van der Waals surface area contributed by atoms with Crippen LogP contribution < -0.4 is 0 Å². The van der Waals surface area contributed by atoms with Gasteiger partial charge in [0.05, 0.1) is 13.2 Å². The van der Waals surface area contributed by atoms with Crippen molar-refractivity contribution in [2.75, 3.05) is 13.2 Å². The van der Waals surface area contributed by atoms with Crippen LogP contribution in [0, 0.1) is 0 Å². The first-order valence-corrected chi connectivity index (χ1v) is 11.4. The Morgan fingerprint density at radius 1 is 0.917 bits per heavy atom. The Morgan fingerprint density at radius 3 is 1.75 bits per heavy atom. The molecule has 2 fully saturated rings. The zero-order valence-corrected chi connectivity index (χ0v) is 17.0. The molecule has 1 saturated carbocycles. The summed E-state index contributed by atoms with van der Waals surface area (Å²) in [4.78, 5) is 3.15. The van der Waals surface area contributed by atoms with Crippen LogP contribution in [0.3, 0.4) is 0 Å². The van der Waals surface area contributed by atoms with Crippen LogP contribution in [0.25, 0.3) is 10.4 Å². The molecule has 0 aromatic carbocycles. The van der Waals surface area contributed by atoms with E-state index in [1.165, 1.54) is 0 Å². The summed E-state index contributed by atoms with van der Waals surface area (Å²) in [7, 11) is -2.12. The summed E-state index contributed by atoms with van der Waals surface area (Å²) in [6.07, 6.45) is 2.78. The van der Waals surface area contributed by atoms with Gasteiger partial charge in [-0.15, -0.1) is 0 Å². The van der Waals surface area contributed by atoms with Crippen molar-refractivity contribution in [1.82, 2.24) is 0 Å². The van der Waals surface area contributed by atoms with Gasteiger partial charge < -0.3 is 13.9 Å². The van der Waals surface area contributed by atoms with Gasteiger partial charge in [-0.1, -0.05) is 46.7 Å². The first-order valence-electron chi connectivity index (χ1n) is 9.26. The Bertz CT molecular complexity index is 452. The van der Waals surface area contributed by atoms with Gasteiger partial charge in [0.1, 0.15) is 5.72 Å². The van der Waals surface area contributed by atoms with Crippen molar-refractivity contribution >= 4 is 8.32 Å². The molecule has 0 amide bonds. The fourth-order valence-electron chi connectivity index (χ4n) is 4.79. The minimum Gasteiger partial charge on any atom is -0.404 e. The highest BCUT2D eigenvalue weighted by molar-refractivity contribution is 6.77. The van der Waals surface area contributed by atoms with Crippen LogP contribution in [0.1, 0.15) is 67.2 Å². The number of rotatable bonds is 6. The van der Waals surface area contributed by atoms with Gasteiger partial charge in [0.25, 0.3) is 0 Å². The van der Waals surface area contributed by atoms with E-state index in [-0.39, 0.29) is 0 Å². The predicted octanol–water partition coefficient (Wildman–Crippen LogP) is 5.50. The maximum absolute atomic E-state index is 9.18. The second kappa shape index (κ2) is 7.34. The number of ether oxygens (including phenoxy) is 2. The van der Waals surface area contributed by atoms with Crippen molar-refractivity contribution in [3.05, 3.63) is 10.4 Å². The molecule has 1 heterocycles. The summed E-state index contributed by atoms with van der Waals surface area (Å²) >= 11 is 0. The molecule has 0 atom stereocenters. The average molecular weight is 356 g/mol. The lowest BCUT2D eigenvalue weighted by atomic mass is 9.87. The van der Waals surface area contributed by atoms with Gasteiger partial charge in [-0.25, -0.2) is 0 Å². The molecule has 1 saturated heterocycles. The summed E-state index contributed by atoms with van der Waals surface area (Å²) in [5.74, 6) is -0.477. The van der Waals surface area contributed by atoms with Gasteiger partial charge in [0.15, 0.2) is 5.79 Å². The third-order valence-corrected chi connectivity index (χ3v) is 12.1. The van der Waals surface area contributed by atoms with Crippen LogP contribution in [-0.4, -0.2) is 33.0 Å². The van der Waals surface area contributed by atoms with Crippen LogP contribution in [0.15, 0.2) is 5.11 Å². The molecule has 7 heteroatoms. The fourth-order valence-corrected chi connectivity index (χ4v) is 10.4. The monoisotopic (exact) mass is 355 g/mol. The Labute approximate surface area is 147 Å². The molecule has 24 heavy (non-hydrogen) atoms. The zero-order valence-electron chi connectivity index (χ0n) is 16.0. The molecular formula is C17H33N3O3Si. The van der Waals surface area contributed by atoms with E-state index in [4.69, 9.17) is 13.9 Å². The Hall–Kier alpha value is -0.593. The van der Waals surface area contributed by atoms with E-state index in [0.29, 0.717) is 42.7 Å². The smallest absolute Gasteiger partial charge is 0.201 e. The molecule has 1 aliphatic heterocycles. The van der Waals surface area contributed by atoms with Crippen molar-refractivity contribution in [2.45, 2.75) is 95.4 Å². The van der Waals surface area contributed by atoms with Crippen molar-refractivity contribution in [3.8, 4) is 0 Å². The number of hydrogen-bond donors (Lipinski definition) is 0. The van der Waals surface area contributed by atoms with Crippen molar-refractivity contribution in [2.24, 2.45) is 5.11 Å². The molecule has 1 spiro atoms.